The molecule has 2 aliphatic rings. The largest absolute Gasteiger partial charge is 0.330 e. The van der Waals surface area contributed by atoms with Gasteiger partial charge in [0.15, 0.2) is 0 Å². The molecule has 1 amide bonds. The molecule has 1 aliphatic heterocycles. The molecule has 0 aromatic carbocycles. The molecule has 4 heteroatoms. The van der Waals surface area contributed by atoms with Crippen LogP contribution in [-0.4, -0.2) is 48.0 Å². The van der Waals surface area contributed by atoms with Gasteiger partial charge in [-0.3, -0.25) is 9.78 Å². The Hall–Kier alpha value is -1.42. The zero-order chi connectivity index (χ0) is 13.8. The number of quaternary nitrogens is 1. The highest BCUT2D eigenvalue weighted by Crippen LogP contribution is 2.15. The Morgan fingerprint density at radius 3 is 2.40 bits per heavy atom. The van der Waals surface area contributed by atoms with Crippen LogP contribution in [0.25, 0.3) is 0 Å². The summed E-state index contributed by atoms with van der Waals surface area (Å²) in [7, 11) is 0. The highest BCUT2D eigenvalue weighted by Gasteiger charge is 2.30. The quantitative estimate of drug-likeness (QED) is 0.864. The highest BCUT2D eigenvalue weighted by atomic mass is 16.2. The number of rotatable bonds is 2. The molecule has 0 bridgehead atoms. The van der Waals surface area contributed by atoms with E-state index in [0.717, 1.165) is 37.8 Å². The summed E-state index contributed by atoms with van der Waals surface area (Å²) in [4.78, 5) is 20.1. The van der Waals surface area contributed by atoms with E-state index in [1.807, 2.05) is 17.0 Å². The number of nitrogens with one attached hydrogen (secondary N) is 1. The molecule has 0 unspecified atom stereocenters. The molecule has 1 aromatic heterocycles. The second-order valence-electron chi connectivity index (χ2n) is 6.02. The lowest BCUT2D eigenvalue weighted by Crippen LogP contribution is -3.18. The fraction of sp³-hybridized carbons (Fsp3) is 0.625. The van der Waals surface area contributed by atoms with Crippen LogP contribution in [0.5, 0.6) is 0 Å². The summed E-state index contributed by atoms with van der Waals surface area (Å²) >= 11 is 0. The normalized spacial score (nSPS) is 21.9. The lowest BCUT2D eigenvalue weighted by atomic mass is 9.94. The number of nitrogens with zero attached hydrogens (tertiary/aromatic N) is 2. The van der Waals surface area contributed by atoms with Crippen molar-refractivity contribution in [2.24, 2.45) is 0 Å². The summed E-state index contributed by atoms with van der Waals surface area (Å²) in [5.41, 5.74) is 0.765. The molecule has 3 rings (SSSR count). The third kappa shape index (κ3) is 3.01. The van der Waals surface area contributed by atoms with Crippen molar-refractivity contribution < 1.29 is 9.69 Å². The van der Waals surface area contributed by atoms with Crippen molar-refractivity contribution >= 4 is 5.91 Å². The van der Waals surface area contributed by atoms with Gasteiger partial charge in [-0.05, 0) is 37.8 Å². The molecule has 1 N–H and O–H groups in total. The second-order valence-corrected chi connectivity index (χ2v) is 6.02. The number of pyridine rings is 1. The van der Waals surface area contributed by atoms with Crippen molar-refractivity contribution in [2.45, 2.75) is 38.1 Å². The molecule has 0 atom stereocenters. The van der Waals surface area contributed by atoms with Crippen LogP contribution in [0.15, 0.2) is 24.5 Å². The predicted octanol–water partition coefficient (Wildman–Crippen LogP) is 0.755. The molecule has 0 spiro atoms. The van der Waals surface area contributed by atoms with E-state index in [4.69, 9.17) is 0 Å². The van der Waals surface area contributed by atoms with Crippen molar-refractivity contribution in [1.82, 2.24) is 9.88 Å². The number of piperazine rings is 1. The van der Waals surface area contributed by atoms with Crippen molar-refractivity contribution in [3.8, 4) is 0 Å². The first kappa shape index (κ1) is 13.6. The fourth-order valence-corrected chi connectivity index (χ4v) is 3.59. The predicted molar refractivity (Wildman–Crippen MR) is 77.7 cm³/mol. The van der Waals surface area contributed by atoms with Crippen molar-refractivity contribution in [1.29, 1.82) is 0 Å². The van der Waals surface area contributed by atoms with E-state index in [0.29, 0.717) is 0 Å². The summed E-state index contributed by atoms with van der Waals surface area (Å²) in [6.45, 7) is 4.02. The summed E-state index contributed by atoms with van der Waals surface area (Å²) < 4.78 is 0. The third-order valence-corrected chi connectivity index (χ3v) is 4.80. The molecule has 20 heavy (non-hydrogen) atoms. The topological polar surface area (TPSA) is 37.6 Å². The first-order valence-corrected chi connectivity index (χ1v) is 7.88. The summed E-state index contributed by atoms with van der Waals surface area (Å²) in [5.74, 6) is 0.162. The maximum Gasteiger partial charge on any atom is 0.254 e. The van der Waals surface area contributed by atoms with Crippen LogP contribution in [-0.2, 0) is 0 Å². The molecule has 1 saturated heterocycles. The van der Waals surface area contributed by atoms with Crippen molar-refractivity contribution in [3.63, 3.8) is 0 Å². The first-order valence-electron chi connectivity index (χ1n) is 7.88. The smallest absolute Gasteiger partial charge is 0.254 e. The van der Waals surface area contributed by atoms with E-state index in [1.54, 1.807) is 17.3 Å². The molecule has 108 valence electrons. The van der Waals surface area contributed by atoms with E-state index < -0.39 is 0 Å². The van der Waals surface area contributed by atoms with E-state index in [1.165, 1.54) is 32.1 Å². The van der Waals surface area contributed by atoms with Crippen LogP contribution in [0.1, 0.15) is 42.5 Å². The van der Waals surface area contributed by atoms with Gasteiger partial charge in [0.05, 0.1) is 32.2 Å². The number of aromatic nitrogens is 1. The molecular weight excluding hydrogens is 250 g/mol. The molecule has 2 fully saturated rings. The summed E-state index contributed by atoms with van der Waals surface area (Å²) in [5, 5.41) is 0. The monoisotopic (exact) mass is 274 g/mol. The molecule has 1 aromatic rings. The van der Waals surface area contributed by atoms with Crippen LogP contribution < -0.4 is 4.90 Å². The van der Waals surface area contributed by atoms with Gasteiger partial charge in [-0.2, -0.15) is 0 Å². The molecular formula is C16H24N3O+. The molecule has 4 nitrogen and oxygen atoms in total. The Balaban J connectivity index is 1.54. The van der Waals surface area contributed by atoms with Gasteiger partial charge in [-0.15, -0.1) is 0 Å². The number of hydrogen-bond donors (Lipinski definition) is 1. The standard InChI is InChI=1S/C16H23N3O/c20-16(14-6-8-17-9-7-14)19-12-10-18(11-13-19)15-4-2-1-3-5-15/h6-9,15H,1-5,10-13H2/p+1. The fourth-order valence-electron chi connectivity index (χ4n) is 3.59. The minimum absolute atomic E-state index is 0.162. The highest BCUT2D eigenvalue weighted by molar-refractivity contribution is 5.94. The van der Waals surface area contributed by atoms with E-state index in [9.17, 15) is 4.79 Å². The number of amides is 1. The van der Waals surface area contributed by atoms with Gasteiger partial charge >= 0.3 is 0 Å². The van der Waals surface area contributed by atoms with Crippen molar-refractivity contribution in [2.75, 3.05) is 26.2 Å². The van der Waals surface area contributed by atoms with Crippen molar-refractivity contribution in [3.05, 3.63) is 30.1 Å². The Morgan fingerprint density at radius 2 is 1.75 bits per heavy atom. The lowest BCUT2D eigenvalue weighted by molar-refractivity contribution is -0.930. The third-order valence-electron chi connectivity index (χ3n) is 4.80. The van der Waals surface area contributed by atoms with Crippen LogP contribution >= 0.6 is 0 Å². The van der Waals surface area contributed by atoms with Gasteiger partial charge in [0.2, 0.25) is 0 Å². The Labute approximate surface area is 120 Å². The average molecular weight is 274 g/mol. The Kier molecular flexibility index (Phi) is 4.31. The Bertz CT molecular complexity index is 434. The molecule has 2 heterocycles. The summed E-state index contributed by atoms with van der Waals surface area (Å²) in [6, 6.07) is 4.47. The number of carbonyl (C=O) groups is 1. The molecule has 1 aliphatic carbocycles. The zero-order valence-electron chi connectivity index (χ0n) is 12.1. The molecule has 1 saturated carbocycles. The van der Waals surface area contributed by atoms with Gasteiger partial charge < -0.3 is 9.80 Å². The van der Waals surface area contributed by atoms with E-state index in [-0.39, 0.29) is 5.91 Å². The van der Waals surface area contributed by atoms with Gasteiger partial charge in [0.25, 0.3) is 5.91 Å². The van der Waals surface area contributed by atoms with Crippen LogP contribution in [0.4, 0.5) is 0 Å². The number of carbonyl (C=O) groups excluding carboxylic acids is 1. The van der Waals surface area contributed by atoms with Gasteiger partial charge in [-0.25, -0.2) is 0 Å². The van der Waals surface area contributed by atoms with Crippen LogP contribution in [0.2, 0.25) is 0 Å². The minimum Gasteiger partial charge on any atom is -0.330 e. The van der Waals surface area contributed by atoms with Crippen LogP contribution in [0.3, 0.4) is 0 Å². The first-order chi connectivity index (χ1) is 9.84. The zero-order valence-corrected chi connectivity index (χ0v) is 12.1. The SMILES string of the molecule is O=C(c1ccncc1)N1CC[NH+](C2CCCCC2)CC1. The van der Waals surface area contributed by atoms with Crippen LogP contribution in [0, 0.1) is 0 Å². The van der Waals surface area contributed by atoms with Gasteiger partial charge in [0, 0.05) is 18.0 Å². The maximum absolute atomic E-state index is 12.4. The van der Waals surface area contributed by atoms with Gasteiger partial charge in [-0.1, -0.05) is 6.42 Å². The van der Waals surface area contributed by atoms with E-state index >= 15 is 0 Å². The average Bonchev–Trinajstić information content (AvgIpc) is 2.56. The molecule has 0 radical (unpaired) electrons. The minimum atomic E-state index is 0.162. The summed E-state index contributed by atoms with van der Waals surface area (Å²) in [6.07, 6.45) is 10.4. The number of hydrogen-bond acceptors (Lipinski definition) is 2. The van der Waals surface area contributed by atoms with E-state index in [2.05, 4.69) is 4.98 Å². The Morgan fingerprint density at radius 1 is 1.10 bits per heavy atom. The maximum atomic E-state index is 12.4. The van der Waals surface area contributed by atoms with Gasteiger partial charge in [0.1, 0.15) is 0 Å². The second kappa shape index (κ2) is 6.35. The lowest BCUT2D eigenvalue weighted by Gasteiger charge is -2.38.